The fourth-order valence-corrected chi connectivity index (χ4v) is 5.33. The molecule has 3 aromatic rings. The fraction of sp³-hybridized carbons (Fsp3) is 0.276. The second kappa shape index (κ2) is 8.90. The first kappa shape index (κ1) is 22.1. The molecule has 1 aliphatic heterocycles. The van der Waals surface area contributed by atoms with Gasteiger partial charge in [-0.3, -0.25) is 14.6 Å². The third-order valence-corrected chi connectivity index (χ3v) is 6.97. The van der Waals surface area contributed by atoms with Crippen LogP contribution < -0.4 is 9.80 Å². The van der Waals surface area contributed by atoms with Crippen molar-refractivity contribution in [3.63, 3.8) is 0 Å². The highest BCUT2D eigenvalue weighted by molar-refractivity contribution is 6.13. The van der Waals surface area contributed by atoms with Gasteiger partial charge >= 0.3 is 0 Å². The molecule has 5 rings (SSSR count). The predicted octanol–water partition coefficient (Wildman–Crippen LogP) is 5.70. The fourth-order valence-electron chi connectivity index (χ4n) is 5.33. The topological polar surface area (TPSA) is 53.0 Å². The average molecular weight is 452 g/mol. The zero-order valence-corrected chi connectivity index (χ0v) is 19.8. The normalized spacial score (nSPS) is 21.7. The highest BCUT2D eigenvalue weighted by Crippen LogP contribution is 2.47. The van der Waals surface area contributed by atoms with Gasteiger partial charge in [-0.1, -0.05) is 54.6 Å². The number of aliphatic imine (C=N–C) groups is 1. The third kappa shape index (κ3) is 3.92. The zero-order chi connectivity index (χ0) is 23.8. The smallest absolute Gasteiger partial charge is 0.224 e. The number of ketones is 1. The van der Waals surface area contributed by atoms with Crippen LogP contribution in [0.2, 0.25) is 0 Å². The van der Waals surface area contributed by atoms with Gasteiger partial charge in [-0.05, 0) is 47.7 Å². The Hall–Kier alpha value is -3.73. The van der Waals surface area contributed by atoms with Crippen molar-refractivity contribution in [2.45, 2.75) is 31.7 Å². The summed E-state index contributed by atoms with van der Waals surface area (Å²) in [7, 11) is 4.04. The Kier molecular flexibility index (Phi) is 5.78. The van der Waals surface area contributed by atoms with Crippen LogP contribution in [0.15, 0.2) is 83.9 Å². The first-order valence-corrected chi connectivity index (χ1v) is 11.7. The van der Waals surface area contributed by atoms with E-state index >= 15 is 0 Å². The standard InChI is InChI=1S/C29H29N3O2/c1-19(33)32-26-12-8-7-11-24(26)30-25-17-22(20-13-15-23(16-14-20)31(2)3)18-27(34)28(25)29(32)21-9-5-4-6-10-21/h4-16,22,28-29H,17-18H2,1-3H3/t22-,28?,29+/m1/s1. The number of carbonyl (C=O) groups is 2. The summed E-state index contributed by atoms with van der Waals surface area (Å²) in [6.07, 6.45) is 1.14. The third-order valence-electron chi connectivity index (χ3n) is 6.97. The number of rotatable bonds is 3. The maximum atomic E-state index is 13.8. The highest BCUT2D eigenvalue weighted by atomic mass is 16.2. The van der Waals surface area contributed by atoms with Gasteiger partial charge in [0, 0.05) is 38.8 Å². The van der Waals surface area contributed by atoms with Crippen LogP contribution in [0, 0.1) is 5.92 Å². The number of Topliss-reactive ketones (excluding diaryl/α,β-unsaturated/α-hetero) is 1. The van der Waals surface area contributed by atoms with Crippen LogP contribution >= 0.6 is 0 Å². The van der Waals surface area contributed by atoms with Crippen molar-refractivity contribution >= 4 is 34.5 Å². The Morgan fingerprint density at radius 2 is 1.56 bits per heavy atom. The summed E-state index contributed by atoms with van der Waals surface area (Å²) in [6.45, 7) is 1.57. The molecule has 1 aliphatic carbocycles. The lowest BCUT2D eigenvalue weighted by Crippen LogP contribution is -2.45. The van der Waals surface area contributed by atoms with Crippen molar-refractivity contribution in [1.29, 1.82) is 0 Å². The Morgan fingerprint density at radius 1 is 0.882 bits per heavy atom. The molecule has 0 N–H and O–H groups in total. The van der Waals surface area contributed by atoms with E-state index in [0.29, 0.717) is 12.8 Å². The van der Waals surface area contributed by atoms with Crippen molar-refractivity contribution in [3.05, 3.63) is 90.0 Å². The van der Waals surface area contributed by atoms with Gasteiger partial charge in [-0.2, -0.15) is 0 Å². The molecule has 1 heterocycles. The van der Waals surface area contributed by atoms with Gasteiger partial charge in [0.2, 0.25) is 5.91 Å². The maximum absolute atomic E-state index is 13.8. The van der Waals surface area contributed by atoms with Gasteiger partial charge in [0.15, 0.2) is 0 Å². The van der Waals surface area contributed by atoms with Gasteiger partial charge in [0.1, 0.15) is 5.78 Å². The number of carbonyl (C=O) groups excluding carboxylic acids is 2. The molecule has 0 radical (unpaired) electrons. The highest BCUT2D eigenvalue weighted by Gasteiger charge is 2.45. The minimum Gasteiger partial charge on any atom is -0.378 e. The summed E-state index contributed by atoms with van der Waals surface area (Å²) in [5.74, 6) is -0.339. The molecule has 1 amide bonds. The largest absolute Gasteiger partial charge is 0.378 e. The van der Waals surface area contributed by atoms with E-state index in [-0.39, 0.29) is 17.6 Å². The van der Waals surface area contributed by atoms with E-state index in [0.717, 1.165) is 33.9 Å². The minimum absolute atomic E-state index is 0.0752. The van der Waals surface area contributed by atoms with Gasteiger partial charge in [-0.25, -0.2) is 0 Å². The summed E-state index contributed by atoms with van der Waals surface area (Å²) in [5, 5.41) is 0. The first-order chi connectivity index (χ1) is 16.4. The van der Waals surface area contributed by atoms with E-state index in [1.165, 1.54) is 0 Å². The molecule has 0 aromatic heterocycles. The molecule has 0 saturated heterocycles. The van der Waals surface area contributed by atoms with Crippen LogP contribution in [0.1, 0.15) is 42.9 Å². The monoisotopic (exact) mass is 451 g/mol. The summed E-state index contributed by atoms with van der Waals surface area (Å²) in [4.78, 5) is 35.7. The summed E-state index contributed by atoms with van der Waals surface area (Å²) in [6, 6.07) is 25.6. The number of amides is 1. The second-order valence-corrected chi connectivity index (χ2v) is 9.37. The molecule has 1 fully saturated rings. The molecule has 5 nitrogen and oxygen atoms in total. The van der Waals surface area contributed by atoms with E-state index in [4.69, 9.17) is 4.99 Å². The van der Waals surface area contributed by atoms with E-state index in [1.54, 1.807) is 11.8 Å². The van der Waals surface area contributed by atoms with E-state index < -0.39 is 12.0 Å². The van der Waals surface area contributed by atoms with Crippen molar-refractivity contribution in [1.82, 2.24) is 0 Å². The number of nitrogens with zero attached hydrogens (tertiary/aromatic N) is 3. The Labute approximate surface area is 200 Å². The Bertz CT molecular complexity index is 1250. The van der Waals surface area contributed by atoms with Crippen LogP contribution in [-0.4, -0.2) is 31.5 Å². The van der Waals surface area contributed by atoms with Gasteiger partial charge in [0.05, 0.1) is 23.3 Å². The molecular formula is C29H29N3O2. The SMILES string of the molecule is CC(=O)N1c2ccccc2N=C2C[C@@H](c3ccc(N(C)C)cc3)CC(=O)C2[C@@H]1c1ccccc1. The summed E-state index contributed by atoms with van der Waals surface area (Å²) >= 11 is 0. The van der Waals surface area contributed by atoms with E-state index in [1.807, 2.05) is 68.7 Å². The Balaban J connectivity index is 1.61. The number of hydrogen-bond donors (Lipinski definition) is 0. The second-order valence-electron chi connectivity index (χ2n) is 9.37. The number of para-hydroxylation sites is 2. The molecule has 1 unspecified atom stereocenters. The maximum Gasteiger partial charge on any atom is 0.224 e. The Morgan fingerprint density at radius 3 is 2.24 bits per heavy atom. The van der Waals surface area contributed by atoms with Gasteiger partial charge in [0.25, 0.3) is 0 Å². The molecule has 0 spiro atoms. The lowest BCUT2D eigenvalue weighted by molar-refractivity contribution is -0.123. The van der Waals surface area contributed by atoms with Gasteiger partial charge in [-0.15, -0.1) is 0 Å². The molecule has 1 saturated carbocycles. The van der Waals surface area contributed by atoms with Gasteiger partial charge < -0.3 is 9.80 Å². The molecule has 172 valence electrons. The zero-order valence-electron chi connectivity index (χ0n) is 19.8. The number of fused-ring (bicyclic) bond motifs is 2. The molecule has 3 atom stereocenters. The molecule has 5 heteroatoms. The van der Waals surface area contributed by atoms with Crippen molar-refractivity contribution in [2.24, 2.45) is 10.9 Å². The lowest BCUT2D eigenvalue weighted by Gasteiger charge is -2.38. The van der Waals surface area contributed by atoms with Crippen LogP contribution in [0.4, 0.5) is 17.1 Å². The lowest BCUT2D eigenvalue weighted by atomic mass is 9.72. The molecule has 0 bridgehead atoms. The summed E-state index contributed by atoms with van der Waals surface area (Å²) in [5.41, 5.74) is 5.60. The molecule has 34 heavy (non-hydrogen) atoms. The minimum atomic E-state index is -0.462. The van der Waals surface area contributed by atoms with Crippen LogP contribution in [0.3, 0.4) is 0 Å². The number of anilines is 2. The molecule has 2 aliphatic rings. The van der Waals surface area contributed by atoms with Crippen LogP contribution in [0.25, 0.3) is 0 Å². The van der Waals surface area contributed by atoms with Crippen LogP contribution in [0.5, 0.6) is 0 Å². The molecular weight excluding hydrogens is 422 g/mol. The van der Waals surface area contributed by atoms with Crippen molar-refractivity contribution < 1.29 is 9.59 Å². The average Bonchev–Trinajstić information content (AvgIpc) is 2.99. The van der Waals surface area contributed by atoms with Crippen molar-refractivity contribution in [2.75, 3.05) is 23.9 Å². The quantitative estimate of drug-likeness (QED) is 0.514. The molecule has 3 aromatic carbocycles. The first-order valence-electron chi connectivity index (χ1n) is 11.7. The van der Waals surface area contributed by atoms with Crippen molar-refractivity contribution in [3.8, 4) is 0 Å². The summed E-state index contributed by atoms with van der Waals surface area (Å²) < 4.78 is 0. The van der Waals surface area contributed by atoms with Crippen LogP contribution in [-0.2, 0) is 9.59 Å². The number of hydrogen-bond acceptors (Lipinski definition) is 4. The van der Waals surface area contributed by atoms with E-state index in [2.05, 4.69) is 29.2 Å². The van der Waals surface area contributed by atoms with E-state index in [9.17, 15) is 9.59 Å². The number of benzene rings is 3. The predicted molar refractivity (Wildman–Crippen MR) is 137 cm³/mol.